The SMILES string of the molecule is O=C(COC(=O)c1ccc(N2C(=O)[C@H]3[C@H](C2=O)C2(Cl)c4ccccc4C3(Cl)c3ccccc32)cc1)c1ccc(F)cc1. The van der Waals surface area contributed by atoms with E-state index in [0.717, 1.165) is 17.0 Å². The monoisotopic (exact) mass is 599 g/mol. The van der Waals surface area contributed by atoms with Gasteiger partial charge in [-0.15, -0.1) is 23.2 Å². The van der Waals surface area contributed by atoms with Crippen molar-refractivity contribution >= 4 is 52.5 Å². The van der Waals surface area contributed by atoms with Gasteiger partial charge in [-0.25, -0.2) is 14.1 Å². The fourth-order valence-electron chi connectivity index (χ4n) is 6.60. The lowest BCUT2D eigenvalue weighted by atomic mass is 9.54. The number of hydrogen-bond donors (Lipinski definition) is 0. The molecule has 0 radical (unpaired) electrons. The number of benzene rings is 4. The Morgan fingerprint density at radius 3 is 1.57 bits per heavy atom. The summed E-state index contributed by atoms with van der Waals surface area (Å²) in [5.41, 5.74) is 3.40. The molecule has 2 bridgehead atoms. The van der Waals surface area contributed by atoms with E-state index in [4.69, 9.17) is 27.9 Å². The minimum absolute atomic E-state index is 0.115. The molecule has 0 saturated carbocycles. The van der Waals surface area contributed by atoms with E-state index in [1.807, 2.05) is 48.5 Å². The minimum atomic E-state index is -1.29. The quantitative estimate of drug-likeness (QED) is 0.122. The smallest absolute Gasteiger partial charge is 0.338 e. The second-order valence-electron chi connectivity index (χ2n) is 10.5. The molecule has 4 aromatic rings. The highest BCUT2D eigenvalue weighted by atomic mass is 35.5. The van der Waals surface area contributed by atoms with Gasteiger partial charge in [0.1, 0.15) is 15.6 Å². The number of carbonyl (C=O) groups is 4. The van der Waals surface area contributed by atoms with E-state index >= 15 is 0 Å². The Morgan fingerprint density at radius 2 is 1.12 bits per heavy atom. The van der Waals surface area contributed by atoms with Crippen molar-refractivity contribution in [1.29, 1.82) is 0 Å². The number of amides is 2. The molecule has 208 valence electrons. The van der Waals surface area contributed by atoms with Gasteiger partial charge in [-0.3, -0.25) is 14.4 Å². The van der Waals surface area contributed by atoms with Crippen molar-refractivity contribution in [3.63, 3.8) is 0 Å². The molecule has 9 heteroatoms. The lowest BCUT2D eigenvalue weighted by molar-refractivity contribution is -0.122. The van der Waals surface area contributed by atoms with Gasteiger partial charge in [0.2, 0.25) is 11.8 Å². The molecule has 0 aromatic heterocycles. The van der Waals surface area contributed by atoms with Gasteiger partial charge in [0.15, 0.2) is 12.4 Å². The van der Waals surface area contributed by atoms with Gasteiger partial charge in [-0.1, -0.05) is 48.5 Å². The first-order valence-electron chi connectivity index (χ1n) is 13.2. The fourth-order valence-corrected chi connectivity index (χ4v) is 7.70. The molecule has 6 nitrogen and oxygen atoms in total. The van der Waals surface area contributed by atoms with E-state index in [2.05, 4.69) is 0 Å². The predicted octanol–water partition coefficient (Wildman–Crippen LogP) is 5.96. The van der Waals surface area contributed by atoms with Gasteiger partial charge in [0, 0.05) is 5.56 Å². The highest BCUT2D eigenvalue weighted by Crippen LogP contribution is 2.69. The van der Waals surface area contributed by atoms with Crippen LogP contribution in [0, 0.1) is 17.7 Å². The van der Waals surface area contributed by atoms with Crippen molar-refractivity contribution in [2.24, 2.45) is 11.8 Å². The number of Topliss-reactive ketones (excluding diaryl/α,β-unsaturated/α-hetero) is 1. The van der Waals surface area contributed by atoms with Gasteiger partial charge in [-0.2, -0.15) is 0 Å². The number of imide groups is 1. The van der Waals surface area contributed by atoms with Crippen LogP contribution in [-0.2, 0) is 24.1 Å². The van der Waals surface area contributed by atoms with Crippen LogP contribution in [-0.4, -0.2) is 30.2 Å². The zero-order chi connectivity index (χ0) is 29.4. The number of anilines is 1. The Bertz CT molecular complexity index is 1700. The van der Waals surface area contributed by atoms with E-state index in [1.165, 1.54) is 36.4 Å². The zero-order valence-corrected chi connectivity index (χ0v) is 23.2. The van der Waals surface area contributed by atoms with E-state index in [0.29, 0.717) is 22.3 Å². The standard InChI is InChI=1S/C33H20Cl2FNO5/c34-32-22-5-1-2-6-23(22)33(35,25-8-4-3-7-24(25)32)28-27(32)29(39)37(30(28)40)21-15-11-19(12-16-21)31(41)42-17-26(38)18-9-13-20(36)14-10-18/h1-16,27-28H,17H2/t27-,28-,32?,33?/m1/s1. The molecule has 3 aliphatic carbocycles. The maximum absolute atomic E-state index is 14.1. The second kappa shape index (κ2) is 9.34. The van der Waals surface area contributed by atoms with Crippen molar-refractivity contribution < 1.29 is 28.3 Å². The van der Waals surface area contributed by atoms with Crippen LogP contribution in [0.4, 0.5) is 10.1 Å². The van der Waals surface area contributed by atoms with Crippen LogP contribution in [0.25, 0.3) is 0 Å². The lowest BCUT2D eigenvalue weighted by Gasteiger charge is -2.54. The van der Waals surface area contributed by atoms with Gasteiger partial charge in [-0.05, 0) is 70.8 Å². The average Bonchev–Trinajstić information content (AvgIpc) is 3.29. The van der Waals surface area contributed by atoms with E-state index in [1.54, 1.807) is 0 Å². The van der Waals surface area contributed by atoms with Gasteiger partial charge >= 0.3 is 5.97 Å². The number of halogens is 3. The Balaban J connectivity index is 1.18. The molecule has 2 atom stereocenters. The van der Waals surface area contributed by atoms with Crippen LogP contribution in [0.5, 0.6) is 0 Å². The van der Waals surface area contributed by atoms with E-state index in [9.17, 15) is 23.6 Å². The maximum Gasteiger partial charge on any atom is 0.338 e. The Morgan fingerprint density at radius 1 is 0.690 bits per heavy atom. The molecule has 0 N–H and O–H groups in total. The van der Waals surface area contributed by atoms with Crippen LogP contribution in [0.15, 0.2) is 97.1 Å². The summed E-state index contributed by atoms with van der Waals surface area (Å²) in [5, 5.41) is 0. The summed E-state index contributed by atoms with van der Waals surface area (Å²) in [6, 6.07) is 25.4. The topological polar surface area (TPSA) is 80.8 Å². The summed E-state index contributed by atoms with van der Waals surface area (Å²) in [6.45, 7) is -0.532. The maximum atomic E-state index is 14.1. The Labute approximate surface area is 249 Å². The molecule has 42 heavy (non-hydrogen) atoms. The van der Waals surface area contributed by atoms with Crippen molar-refractivity contribution in [2.45, 2.75) is 9.75 Å². The highest BCUT2D eigenvalue weighted by molar-refractivity contribution is 6.38. The minimum Gasteiger partial charge on any atom is -0.454 e. The normalized spacial score (nSPS) is 25.1. The zero-order valence-electron chi connectivity index (χ0n) is 21.7. The van der Waals surface area contributed by atoms with Gasteiger partial charge in [0.05, 0.1) is 23.1 Å². The van der Waals surface area contributed by atoms with Crippen LogP contribution in [0.3, 0.4) is 0 Å². The van der Waals surface area contributed by atoms with E-state index < -0.39 is 57.6 Å². The van der Waals surface area contributed by atoms with Crippen LogP contribution in [0.1, 0.15) is 43.0 Å². The number of hydrogen-bond acceptors (Lipinski definition) is 5. The van der Waals surface area contributed by atoms with Gasteiger partial charge in [0.25, 0.3) is 0 Å². The third-order valence-corrected chi connectivity index (χ3v) is 9.73. The highest BCUT2D eigenvalue weighted by Gasteiger charge is 2.73. The van der Waals surface area contributed by atoms with Crippen LogP contribution in [0.2, 0.25) is 0 Å². The number of carbonyl (C=O) groups excluding carboxylic acids is 4. The number of nitrogens with zero attached hydrogens (tertiary/aromatic N) is 1. The Kier molecular flexibility index (Phi) is 5.91. The molecular weight excluding hydrogens is 580 g/mol. The molecule has 0 spiro atoms. The predicted molar refractivity (Wildman–Crippen MR) is 153 cm³/mol. The first kappa shape index (κ1) is 26.6. The van der Waals surface area contributed by atoms with Gasteiger partial charge < -0.3 is 4.74 Å². The number of ketones is 1. The molecule has 1 fully saturated rings. The molecule has 4 aliphatic rings. The molecule has 2 amide bonds. The molecule has 1 aliphatic heterocycles. The average molecular weight is 600 g/mol. The van der Waals surface area contributed by atoms with Crippen molar-refractivity contribution in [2.75, 3.05) is 11.5 Å². The first-order chi connectivity index (χ1) is 20.2. The van der Waals surface area contributed by atoms with Crippen LogP contribution >= 0.6 is 23.2 Å². The fraction of sp³-hybridized carbons (Fsp3) is 0.152. The molecule has 4 aromatic carbocycles. The third-order valence-electron chi connectivity index (χ3n) is 8.45. The summed E-state index contributed by atoms with van der Waals surface area (Å²) in [5.74, 6) is -4.59. The Hall–Kier alpha value is -4.33. The molecule has 1 heterocycles. The second-order valence-corrected chi connectivity index (χ2v) is 11.7. The summed E-state index contributed by atoms with van der Waals surface area (Å²) < 4.78 is 18.2. The summed E-state index contributed by atoms with van der Waals surface area (Å²) in [7, 11) is 0. The molecular formula is C33H20Cl2FNO5. The molecule has 8 rings (SSSR count). The number of rotatable bonds is 5. The summed E-state index contributed by atoms with van der Waals surface area (Å²) >= 11 is 14.9. The first-order valence-corrected chi connectivity index (χ1v) is 13.9. The van der Waals surface area contributed by atoms with Crippen molar-refractivity contribution in [3.05, 3.63) is 136 Å². The largest absolute Gasteiger partial charge is 0.454 e. The van der Waals surface area contributed by atoms with Crippen LogP contribution < -0.4 is 4.90 Å². The number of ether oxygens (including phenoxy) is 1. The molecule has 1 saturated heterocycles. The lowest BCUT2D eigenvalue weighted by Crippen LogP contribution is -2.57. The number of esters is 1. The molecule has 0 unspecified atom stereocenters. The van der Waals surface area contributed by atoms with Crippen molar-refractivity contribution in [3.8, 4) is 0 Å². The number of alkyl halides is 2. The summed E-state index contributed by atoms with van der Waals surface area (Å²) in [4.78, 5) is 51.5. The summed E-state index contributed by atoms with van der Waals surface area (Å²) in [6.07, 6.45) is 0. The van der Waals surface area contributed by atoms with Crippen molar-refractivity contribution in [1.82, 2.24) is 0 Å². The third kappa shape index (κ3) is 3.50. The van der Waals surface area contributed by atoms with E-state index in [-0.39, 0.29) is 16.8 Å².